The minimum Gasteiger partial charge on any atom is -0.455 e. The van der Waals surface area contributed by atoms with Crippen LogP contribution in [0, 0.1) is 0 Å². The van der Waals surface area contributed by atoms with Crippen LogP contribution >= 0.6 is 0 Å². The number of benzene rings is 20. The van der Waals surface area contributed by atoms with Crippen LogP contribution in [-0.2, 0) is 25.9 Å². The van der Waals surface area contributed by atoms with Gasteiger partial charge in [0.25, 0.3) is 0 Å². The number of aliphatic imine (C=N–C) groups is 1. The molecule has 0 saturated heterocycles. The lowest BCUT2D eigenvalue weighted by Gasteiger charge is -2.56. The third kappa shape index (κ3) is 1.89. The summed E-state index contributed by atoms with van der Waals surface area (Å²) in [4.78, 5) is 23.9. The first-order valence-electron chi connectivity index (χ1n) is 30.1. The molecular weight excluding hydrogens is 995 g/mol. The van der Waals surface area contributed by atoms with Crippen LogP contribution in [0.25, 0.3) is 291 Å². The van der Waals surface area contributed by atoms with Crippen molar-refractivity contribution in [3.8, 4) is 0 Å². The van der Waals surface area contributed by atoms with Gasteiger partial charge in [-0.1, -0.05) is 60.7 Å². The van der Waals surface area contributed by atoms with Crippen molar-refractivity contribution >= 4 is 303 Å². The Labute approximate surface area is 451 Å². The first-order chi connectivity index (χ1) is 40.4. The number of hydrogen-bond acceptors (Lipinski definition) is 3. The van der Waals surface area contributed by atoms with E-state index in [1.54, 1.807) is 172 Å². The van der Waals surface area contributed by atoms with Gasteiger partial charge in [0, 0.05) is 0 Å². The van der Waals surface area contributed by atoms with Gasteiger partial charge in [-0.3, -0.25) is 4.99 Å². The van der Waals surface area contributed by atoms with Gasteiger partial charge >= 0.3 is 5.97 Å². The fourth-order valence-electron chi connectivity index (χ4n) is 27.2. The molecule has 5 aliphatic rings. The summed E-state index contributed by atoms with van der Waals surface area (Å²) >= 11 is 0. The van der Waals surface area contributed by atoms with Gasteiger partial charge in [-0.15, -0.1) is 0 Å². The highest BCUT2D eigenvalue weighted by atomic mass is 16.6. The van der Waals surface area contributed by atoms with Crippen molar-refractivity contribution in [1.29, 1.82) is 0 Å². The van der Waals surface area contributed by atoms with E-state index in [9.17, 15) is 0 Å². The normalized spacial score (nSPS) is 21.7. The first kappa shape index (κ1) is 33.0. The van der Waals surface area contributed by atoms with Crippen LogP contribution in [0.5, 0.6) is 0 Å². The summed E-state index contributed by atoms with van der Waals surface area (Å²) in [5, 5.41) is 83.1. The number of esters is 1. The van der Waals surface area contributed by atoms with Crippen LogP contribution in [0.4, 0.5) is 0 Å². The molecule has 82 heavy (non-hydrogen) atoms. The highest BCUT2D eigenvalue weighted by molar-refractivity contribution is 6.82. The van der Waals surface area contributed by atoms with Crippen molar-refractivity contribution in [2.45, 2.75) is 42.7 Å². The van der Waals surface area contributed by atoms with E-state index in [1.807, 2.05) is 0 Å². The lowest BCUT2D eigenvalue weighted by Crippen LogP contribution is -2.62. The standard InChI is InChI=1S/C79H19NO2/c1-76(2,3)82-75(81)74-77-70-62-54-44-34-26-18-16-17-20-24-22(18)30-38-32(24)42-36-28(20)29-21(17)25-23-19(16)27(26)35-41-31(23)39-33(25)43-37(29)47-46(36)58-52(42)60-50(38)56(48(54)40(30)34)64(70)66(60)72-68(58)69-59(47)53(43)61-51(39)57-49(41)55(45(35)44)63(62)71(77)65(57)67(61)73(69)78(72,77)79(80-74,14-10-6-4-7-11-14)15-12-8-5-9-13-15/h4-13H,1-3H3. The topological polar surface area (TPSA) is 38.7 Å². The molecule has 35 rings (SSSR count). The average Bonchev–Trinajstić information content (AvgIpc) is 1.41. The minimum atomic E-state index is -1.12. The number of carbonyl (C=O) groups excluding carboxylic acids is 1. The Kier molecular flexibility index (Phi) is 3.11. The Bertz CT molecular complexity index is 7890. The van der Waals surface area contributed by atoms with Gasteiger partial charge in [-0.2, -0.15) is 0 Å². The summed E-state index contributed by atoms with van der Waals surface area (Å²) in [6, 6.07) is 23.0. The zero-order valence-corrected chi connectivity index (χ0v) is 43.0. The molecule has 0 saturated carbocycles. The van der Waals surface area contributed by atoms with E-state index < -0.39 is 22.0 Å². The third-order valence-corrected chi connectivity index (χ3v) is 27.5. The molecule has 0 bridgehead atoms. The van der Waals surface area contributed by atoms with Crippen molar-refractivity contribution in [1.82, 2.24) is 0 Å². The van der Waals surface area contributed by atoms with Gasteiger partial charge < -0.3 is 4.74 Å². The van der Waals surface area contributed by atoms with Crippen LogP contribution < -0.4 is 0 Å². The van der Waals surface area contributed by atoms with Crippen LogP contribution in [0.15, 0.2) is 65.7 Å². The molecular formula is C79H19NO2. The van der Waals surface area contributed by atoms with Gasteiger partial charge in [0.15, 0.2) is 0 Å². The van der Waals surface area contributed by atoms with Crippen LogP contribution in [0.3, 0.4) is 0 Å². The number of hydrogen-bond donors (Lipinski definition) is 0. The maximum absolute atomic E-state index is 17.2. The van der Waals surface area contributed by atoms with E-state index in [2.05, 4.69) is 81.4 Å². The SMILES string of the molecule is CC(C)(C)OC(=O)C1=NC(c2ccccc2)(c2ccccc2)C23c4c5c6c7c8c9c(c%10c%11c2c2c4c4c%12c5c5c6c6c8c8c%13c9c9c%10c%10c%11c%11c2c2c4c4c%12c%12c5c5c6c8c6c8c%13c9c9c%10c%10c%11c2c2c4c4c%12c5c6c5c8c9c%10c2c45)C173. The molecule has 0 atom stereocenters. The molecule has 352 valence electrons. The maximum Gasteiger partial charge on any atom is 0.354 e. The minimum absolute atomic E-state index is 0.266. The Balaban J connectivity index is 1.09. The summed E-state index contributed by atoms with van der Waals surface area (Å²) in [5.41, 5.74) is 4.70. The van der Waals surface area contributed by atoms with Crippen molar-refractivity contribution in [3.05, 3.63) is 94.0 Å². The van der Waals surface area contributed by atoms with Crippen LogP contribution in [0.2, 0.25) is 0 Å². The molecule has 1 heterocycles. The molecule has 3 nitrogen and oxygen atoms in total. The summed E-state index contributed by atoms with van der Waals surface area (Å²) in [5.74, 6) is -0.266. The molecule has 1 aliphatic heterocycles. The van der Waals surface area contributed by atoms with Gasteiger partial charge in [0.1, 0.15) is 16.9 Å². The molecule has 2 spiro atoms. The number of rotatable bonds is 3. The molecule has 30 aromatic carbocycles. The lowest BCUT2D eigenvalue weighted by molar-refractivity contribution is -0.146. The largest absolute Gasteiger partial charge is 0.455 e. The lowest BCUT2D eigenvalue weighted by atomic mass is 9.41. The predicted octanol–water partition coefficient (Wildman–Crippen LogP) is 20.0. The smallest absolute Gasteiger partial charge is 0.354 e. The summed E-state index contributed by atoms with van der Waals surface area (Å²) in [7, 11) is 0. The van der Waals surface area contributed by atoms with Crippen molar-refractivity contribution in [2.75, 3.05) is 0 Å². The fraction of sp³-hybridized carbons (Fsp3) is 0.0886. The van der Waals surface area contributed by atoms with Gasteiger partial charge in [0.05, 0.1) is 10.8 Å². The molecule has 30 aromatic rings. The molecule has 0 fully saturated rings. The highest BCUT2D eigenvalue weighted by Crippen LogP contribution is 2.88. The monoisotopic (exact) mass is 1010 g/mol. The maximum atomic E-state index is 17.2. The molecule has 0 unspecified atom stereocenters. The Morgan fingerprint density at radius 2 is 0.488 bits per heavy atom. The quantitative estimate of drug-likeness (QED) is 0.131. The second-order valence-electron chi connectivity index (χ2n) is 29.7. The van der Waals surface area contributed by atoms with E-state index in [0.717, 1.165) is 11.1 Å². The van der Waals surface area contributed by atoms with Crippen molar-refractivity contribution in [2.24, 2.45) is 4.99 Å². The Morgan fingerprint density at radius 1 is 0.293 bits per heavy atom. The molecule has 0 aromatic heterocycles. The van der Waals surface area contributed by atoms with E-state index in [4.69, 9.17) is 9.73 Å². The molecule has 0 N–H and O–H groups in total. The summed E-state index contributed by atoms with van der Waals surface area (Å²) < 4.78 is 7.16. The second-order valence-corrected chi connectivity index (χ2v) is 29.7. The first-order valence-corrected chi connectivity index (χ1v) is 30.1. The van der Waals surface area contributed by atoms with Crippen molar-refractivity contribution in [3.63, 3.8) is 0 Å². The fourth-order valence-corrected chi connectivity index (χ4v) is 27.2. The predicted molar refractivity (Wildman–Crippen MR) is 341 cm³/mol. The van der Waals surface area contributed by atoms with E-state index in [1.165, 1.54) is 141 Å². The molecule has 0 radical (unpaired) electrons. The second kappa shape index (κ2) is 7.75. The molecule has 4 aliphatic carbocycles. The number of nitrogens with zero attached hydrogens (tertiary/aromatic N) is 1. The number of carbonyl (C=O) groups is 1. The van der Waals surface area contributed by atoms with E-state index in [0.29, 0.717) is 5.71 Å². The molecule has 3 heteroatoms. The average molecular weight is 1010 g/mol. The van der Waals surface area contributed by atoms with Crippen LogP contribution in [0.1, 0.15) is 54.2 Å². The van der Waals surface area contributed by atoms with Gasteiger partial charge in [-0.25, -0.2) is 4.79 Å². The van der Waals surface area contributed by atoms with E-state index >= 15 is 4.79 Å². The third-order valence-electron chi connectivity index (χ3n) is 27.5. The zero-order valence-electron chi connectivity index (χ0n) is 43.0. The zero-order chi connectivity index (χ0) is 50.3. The Hall–Kier alpha value is -9.96. The summed E-state index contributed by atoms with van der Waals surface area (Å²) in [6.07, 6.45) is 0. The Morgan fingerprint density at radius 3 is 0.695 bits per heavy atom. The van der Waals surface area contributed by atoms with Crippen LogP contribution in [-0.4, -0.2) is 17.3 Å². The van der Waals surface area contributed by atoms with E-state index in [-0.39, 0.29) is 5.97 Å². The van der Waals surface area contributed by atoms with Gasteiger partial charge in [0.2, 0.25) is 0 Å². The number of ether oxygens (including phenoxy) is 1. The van der Waals surface area contributed by atoms with Gasteiger partial charge in [-0.05, 0) is 345 Å². The highest BCUT2D eigenvalue weighted by Gasteiger charge is 2.82. The molecule has 0 amide bonds. The van der Waals surface area contributed by atoms with Crippen molar-refractivity contribution < 1.29 is 9.53 Å². The summed E-state index contributed by atoms with van der Waals surface area (Å²) in [6.45, 7) is 6.22.